The molecule has 0 unspecified atom stereocenters. The van der Waals surface area contributed by atoms with E-state index in [1.807, 2.05) is 48.5 Å². The molecule has 1 heterocycles. The summed E-state index contributed by atoms with van der Waals surface area (Å²) < 4.78 is 0. The summed E-state index contributed by atoms with van der Waals surface area (Å²) in [5.41, 5.74) is 7.24. The van der Waals surface area contributed by atoms with Crippen LogP contribution in [0.25, 0.3) is 0 Å². The molecule has 132 valence electrons. The monoisotopic (exact) mass is 350 g/mol. The molecule has 8 nitrogen and oxygen atoms in total. The summed E-state index contributed by atoms with van der Waals surface area (Å²) in [7, 11) is 1.81. The average molecular weight is 350 g/mol. The summed E-state index contributed by atoms with van der Waals surface area (Å²) in [5, 5.41) is 14.4. The van der Waals surface area contributed by atoms with Crippen LogP contribution >= 0.6 is 0 Å². The van der Waals surface area contributed by atoms with Crippen LogP contribution in [0.15, 0.2) is 60.7 Å². The molecule has 0 saturated heterocycles. The summed E-state index contributed by atoms with van der Waals surface area (Å²) in [6.45, 7) is 0.545. The second kappa shape index (κ2) is 7.47. The average Bonchev–Trinajstić information content (AvgIpc) is 2.62. The normalized spacial score (nSPS) is 10.3. The predicted octanol–water partition coefficient (Wildman–Crippen LogP) is 3.35. The molecule has 3 rings (SSSR count). The van der Waals surface area contributed by atoms with E-state index in [4.69, 9.17) is 5.73 Å². The van der Waals surface area contributed by atoms with Crippen molar-refractivity contribution >= 4 is 29.0 Å². The third-order valence-corrected chi connectivity index (χ3v) is 3.72. The van der Waals surface area contributed by atoms with Gasteiger partial charge >= 0.3 is 5.69 Å². The molecule has 0 radical (unpaired) electrons. The fourth-order valence-electron chi connectivity index (χ4n) is 2.48. The van der Waals surface area contributed by atoms with Crippen molar-refractivity contribution in [1.29, 1.82) is 0 Å². The summed E-state index contributed by atoms with van der Waals surface area (Å²) in [6.07, 6.45) is 0. The van der Waals surface area contributed by atoms with Gasteiger partial charge in [0.2, 0.25) is 17.6 Å². The van der Waals surface area contributed by atoms with Gasteiger partial charge in [-0.05, 0) is 17.7 Å². The van der Waals surface area contributed by atoms with Crippen LogP contribution in [0.2, 0.25) is 0 Å². The lowest BCUT2D eigenvalue weighted by Gasteiger charge is -2.18. The minimum Gasteiger partial charge on any atom is -0.378 e. The van der Waals surface area contributed by atoms with Crippen molar-refractivity contribution in [3.05, 3.63) is 76.3 Å². The highest BCUT2D eigenvalue weighted by atomic mass is 16.6. The Morgan fingerprint density at radius 1 is 1.08 bits per heavy atom. The van der Waals surface area contributed by atoms with E-state index in [2.05, 4.69) is 15.3 Å². The fourth-order valence-corrected chi connectivity index (χ4v) is 2.48. The fraction of sp³-hybridized carbons (Fsp3) is 0.111. The zero-order valence-electron chi connectivity index (χ0n) is 14.2. The molecule has 2 aromatic carbocycles. The van der Waals surface area contributed by atoms with E-state index in [0.717, 1.165) is 5.56 Å². The van der Waals surface area contributed by atoms with Crippen LogP contribution in [0.1, 0.15) is 5.56 Å². The number of hydrogen-bond acceptors (Lipinski definition) is 7. The number of nitrogens with one attached hydrogen (secondary N) is 1. The first kappa shape index (κ1) is 17.2. The minimum atomic E-state index is -0.582. The standard InChI is InChI=1S/C18H18N6O2/c1-23(12-13-8-4-2-5-9-13)18-21-16(19)15(24(25)26)17(22-18)20-14-10-6-3-7-11-14/h2-11H,12H2,1H3,(H3,19,20,21,22). The summed E-state index contributed by atoms with van der Waals surface area (Å²) in [5.74, 6) is 0.178. The number of nitro groups is 1. The molecule has 0 fully saturated rings. The second-order valence-electron chi connectivity index (χ2n) is 5.70. The Labute approximate surface area is 150 Å². The molecule has 0 aliphatic heterocycles. The number of para-hydroxylation sites is 1. The van der Waals surface area contributed by atoms with Crippen LogP contribution in [0.4, 0.5) is 29.0 Å². The van der Waals surface area contributed by atoms with Gasteiger partial charge in [0.05, 0.1) is 4.92 Å². The lowest BCUT2D eigenvalue weighted by molar-refractivity contribution is -0.383. The number of benzene rings is 2. The number of nitrogens with zero attached hydrogens (tertiary/aromatic N) is 4. The van der Waals surface area contributed by atoms with Crippen molar-refractivity contribution in [1.82, 2.24) is 9.97 Å². The highest BCUT2D eigenvalue weighted by Gasteiger charge is 2.24. The van der Waals surface area contributed by atoms with Gasteiger partial charge in [-0.25, -0.2) is 0 Å². The van der Waals surface area contributed by atoms with Crippen molar-refractivity contribution in [2.24, 2.45) is 0 Å². The van der Waals surface area contributed by atoms with E-state index in [0.29, 0.717) is 18.2 Å². The Bertz CT molecular complexity index is 902. The van der Waals surface area contributed by atoms with Gasteiger partial charge in [0.15, 0.2) is 0 Å². The molecule has 0 saturated carbocycles. The molecular weight excluding hydrogens is 332 g/mol. The quantitative estimate of drug-likeness (QED) is 0.518. The molecule has 0 aliphatic rings. The third-order valence-electron chi connectivity index (χ3n) is 3.72. The zero-order valence-corrected chi connectivity index (χ0v) is 14.2. The molecule has 0 atom stereocenters. The molecule has 3 aromatic rings. The van der Waals surface area contributed by atoms with Gasteiger partial charge in [-0.3, -0.25) is 10.1 Å². The first-order chi connectivity index (χ1) is 12.5. The SMILES string of the molecule is CN(Cc1ccccc1)c1nc(N)c([N+](=O)[O-])c(Nc2ccccc2)n1. The molecule has 26 heavy (non-hydrogen) atoms. The molecule has 0 spiro atoms. The molecule has 3 N–H and O–H groups in total. The van der Waals surface area contributed by atoms with Gasteiger partial charge in [0.25, 0.3) is 0 Å². The van der Waals surface area contributed by atoms with Crippen LogP contribution in [0.5, 0.6) is 0 Å². The number of anilines is 4. The second-order valence-corrected chi connectivity index (χ2v) is 5.70. The maximum atomic E-state index is 11.4. The molecule has 0 amide bonds. The lowest BCUT2D eigenvalue weighted by atomic mass is 10.2. The van der Waals surface area contributed by atoms with Crippen LogP contribution in [-0.4, -0.2) is 21.9 Å². The van der Waals surface area contributed by atoms with Gasteiger partial charge in [-0.15, -0.1) is 0 Å². The van der Waals surface area contributed by atoms with Crippen LogP contribution in [0, 0.1) is 10.1 Å². The predicted molar refractivity (Wildman–Crippen MR) is 101 cm³/mol. The van der Waals surface area contributed by atoms with Crippen molar-refractivity contribution < 1.29 is 4.92 Å². The Kier molecular flexibility index (Phi) is 4.93. The summed E-state index contributed by atoms with van der Waals surface area (Å²) >= 11 is 0. The Hall–Kier alpha value is -3.68. The molecular formula is C18H18N6O2. The first-order valence-electron chi connectivity index (χ1n) is 7.93. The van der Waals surface area contributed by atoms with Crippen molar-refractivity contribution in [2.75, 3.05) is 23.0 Å². The number of hydrogen-bond donors (Lipinski definition) is 2. The van der Waals surface area contributed by atoms with Crippen molar-refractivity contribution in [3.63, 3.8) is 0 Å². The van der Waals surface area contributed by atoms with Gasteiger partial charge in [-0.1, -0.05) is 48.5 Å². The van der Waals surface area contributed by atoms with Gasteiger partial charge in [0.1, 0.15) is 0 Å². The minimum absolute atomic E-state index is 0.0589. The van der Waals surface area contributed by atoms with E-state index >= 15 is 0 Å². The third kappa shape index (κ3) is 3.86. The number of nitrogen functional groups attached to an aromatic ring is 1. The van der Waals surface area contributed by atoms with Crippen molar-refractivity contribution in [3.8, 4) is 0 Å². The molecule has 1 aromatic heterocycles. The van der Waals surface area contributed by atoms with Crippen molar-refractivity contribution in [2.45, 2.75) is 6.54 Å². The van der Waals surface area contributed by atoms with E-state index in [1.165, 1.54) is 0 Å². The first-order valence-corrected chi connectivity index (χ1v) is 7.93. The largest absolute Gasteiger partial charge is 0.378 e. The van der Waals surface area contributed by atoms with Crippen LogP contribution in [-0.2, 0) is 6.54 Å². The van der Waals surface area contributed by atoms with E-state index in [9.17, 15) is 10.1 Å². The number of nitrogens with two attached hydrogens (primary N) is 1. The molecule has 0 bridgehead atoms. The lowest BCUT2D eigenvalue weighted by Crippen LogP contribution is -2.20. The highest BCUT2D eigenvalue weighted by molar-refractivity contribution is 5.74. The number of aromatic nitrogens is 2. The van der Waals surface area contributed by atoms with E-state index < -0.39 is 4.92 Å². The Morgan fingerprint density at radius 3 is 2.31 bits per heavy atom. The molecule has 8 heteroatoms. The Morgan fingerprint density at radius 2 is 1.69 bits per heavy atom. The highest BCUT2D eigenvalue weighted by Crippen LogP contribution is 2.32. The maximum Gasteiger partial charge on any atom is 0.353 e. The van der Waals surface area contributed by atoms with E-state index in [1.54, 1.807) is 24.1 Å². The maximum absolute atomic E-state index is 11.4. The van der Waals surface area contributed by atoms with Gasteiger partial charge in [-0.2, -0.15) is 9.97 Å². The smallest absolute Gasteiger partial charge is 0.353 e. The van der Waals surface area contributed by atoms with Gasteiger partial charge in [0, 0.05) is 19.3 Å². The van der Waals surface area contributed by atoms with Crippen LogP contribution < -0.4 is 16.0 Å². The van der Waals surface area contributed by atoms with E-state index in [-0.39, 0.29) is 17.3 Å². The Balaban J connectivity index is 1.95. The van der Waals surface area contributed by atoms with Gasteiger partial charge < -0.3 is 16.0 Å². The summed E-state index contributed by atoms with van der Waals surface area (Å²) in [6, 6.07) is 18.8. The zero-order chi connectivity index (χ0) is 18.5. The number of rotatable bonds is 6. The summed E-state index contributed by atoms with van der Waals surface area (Å²) in [4.78, 5) is 21.0. The van der Waals surface area contributed by atoms with Crippen LogP contribution in [0.3, 0.4) is 0 Å². The topological polar surface area (TPSA) is 110 Å². The molecule has 0 aliphatic carbocycles.